The predicted octanol–water partition coefficient (Wildman–Crippen LogP) is 2.77. The van der Waals surface area contributed by atoms with Gasteiger partial charge in [0, 0.05) is 27.6 Å². The molecule has 1 heterocycles. The van der Waals surface area contributed by atoms with Crippen molar-refractivity contribution in [1.82, 2.24) is 5.32 Å². The number of amides is 1. The third-order valence-electron chi connectivity index (χ3n) is 3.07. The second-order valence-corrected chi connectivity index (χ2v) is 6.17. The summed E-state index contributed by atoms with van der Waals surface area (Å²) in [6.45, 7) is 3.14. The van der Waals surface area contributed by atoms with E-state index in [0.29, 0.717) is 27.6 Å². The summed E-state index contributed by atoms with van der Waals surface area (Å²) in [6, 6.07) is 3.14. The minimum Gasteiger partial charge on any atom is -0.478 e. The number of halogens is 2. The van der Waals surface area contributed by atoms with Gasteiger partial charge >= 0.3 is 5.97 Å². The van der Waals surface area contributed by atoms with Crippen molar-refractivity contribution < 1.29 is 14.7 Å². The number of anilines is 1. The molecule has 0 saturated carbocycles. The first-order valence-electron chi connectivity index (χ1n) is 5.83. The maximum absolute atomic E-state index is 12.1. The van der Waals surface area contributed by atoms with Crippen LogP contribution in [-0.4, -0.2) is 30.1 Å². The van der Waals surface area contributed by atoms with E-state index in [1.165, 1.54) is 6.07 Å². The molecule has 2 rings (SSSR count). The quantitative estimate of drug-likeness (QED) is 0.678. The Bertz CT molecular complexity index is 620. The van der Waals surface area contributed by atoms with Gasteiger partial charge < -0.3 is 15.7 Å². The second kappa shape index (κ2) is 6.07. The minimum atomic E-state index is -1.10. The Hall–Kier alpha value is -1.18. The fraction of sp³-hybridized carbons (Fsp3) is 0.231. The number of carboxylic acids is 1. The molecule has 0 aromatic heterocycles. The van der Waals surface area contributed by atoms with Gasteiger partial charge in [-0.25, -0.2) is 4.79 Å². The monoisotopic (exact) mass is 402 g/mol. The summed E-state index contributed by atoms with van der Waals surface area (Å²) in [5.74, 6) is -1.38. The minimum absolute atomic E-state index is 0.0316. The van der Waals surface area contributed by atoms with Gasteiger partial charge in [-0.2, -0.15) is 0 Å². The Kier molecular flexibility index (Phi) is 4.62. The highest BCUT2D eigenvalue weighted by atomic mass is 79.9. The van der Waals surface area contributed by atoms with Crippen LogP contribution in [0.3, 0.4) is 0 Å². The molecule has 1 saturated heterocycles. The topological polar surface area (TPSA) is 78.4 Å². The molecule has 106 valence electrons. The van der Waals surface area contributed by atoms with Crippen molar-refractivity contribution in [2.24, 2.45) is 0 Å². The Balaban J connectivity index is 2.33. The lowest BCUT2D eigenvalue weighted by Gasteiger charge is -2.22. The molecule has 0 radical (unpaired) electrons. The van der Waals surface area contributed by atoms with Crippen LogP contribution in [0.5, 0.6) is 0 Å². The van der Waals surface area contributed by atoms with E-state index in [0.717, 1.165) is 5.57 Å². The van der Waals surface area contributed by atoms with Crippen molar-refractivity contribution in [3.63, 3.8) is 0 Å². The lowest BCUT2D eigenvalue weighted by atomic mass is 10.0. The van der Waals surface area contributed by atoms with Gasteiger partial charge in [0.2, 0.25) is 0 Å². The maximum Gasteiger partial charge on any atom is 0.337 e. The van der Waals surface area contributed by atoms with Crippen LogP contribution in [0.1, 0.15) is 17.3 Å². The summed E-state index contributed by atoms with van der Waals surface area (Å²) in [7, 11) is 0. The number of rotatable bonds is 3. The van der Waals surface area contributed by atoms with E-state index in [1.54, 1.807) is 13.0 Å². The van der Waals surface area contributed by atoms with Crippen LogP contribution in [0, 0.1) is 0 Å². The molecule has 1 amide bonds. The number of carboxylic acid groups (broad SMARTS) is 1. The molecule has 0 aliphatic carbocycles. The van der Waals surface area contributed by atoms with Gasteiger partial charge in [-0.15, -0.1) is 0 Å². The molecule has 1 aliphatic rings. The number of aromatic carboxylic acids is 1. The molecule has 3 N–H and O–H groups in total. The number of carbonyl (C=O) groups excluding carboxylic acids is 1. The van der Waals surface area contributed by atoms with E-state index in [2.05, 4.69) is 42.5 Å². The van der Waals surface area contributed by atoms with Crippen LogP contribution in [0.25, 0.3) is 0 Å². The molecule has 1 aliphatic heterocycles. The van der Waals surface area contributed by atoms with Crippen molar-refractivity contribution in [3.8, 4) is 0 Å². The Morgan fingerprint density at radius 2 is 1.95 bits per heavy atom. The van der Waals surface area contributed by atoms with Crippen molar-refractivity contribution >= 4 is 49.4 Å². The van der Waals surface area contributed by atoms with Crippen molar-refractivity contribution in [1.29, 1.82) is 0 Å². The zero-order valence-electron chi connectivity index (χ0n) is 10.6. The highest BCUT2D eigenvalue weighted by Crippen LogP contribution is 2.31. The smallest absolute Gasteiger partial charge is 0.337 e. The average Bonchev–Trinajstić information content (AvgIpc) is 2.29. The van der Waals surface area contributed by atoms with E-state index in [9.17, 15) is 14.7 Å². The number of carbonyl (C=O) groups is 2. The standard InChI is InChI=1S/C13H12Br2N2O3/c1-6(7-4-16-5-7)12(18)17-11-9(13(19)20)2-8(14)3-10(11)15/h2-3,16H,4-5H2,1H3,(H,17,18)(H,19,20). The van der Waals surface area contributed by atoms with Crippen molar-refractivity contribution in [2.75, 3.05) is 18.4 Å². The molecule has 7 heteroatoms. The first kappa shape index (κ1) is 15.2. The Morgan fingerprint density at radius 3 is 2.45 bits per heavy atom. The zero-order chi connectivity index (χ0) is 14.9. The molecule has 1 fully saturated rings. The number of benzene rings is 1. The largest absolute Gasteiger partial charge is 0.478 e. The van der Waals surface area contributed by atoms with Gasteiger partial charge in [0.25, 0.3) is 5.91 Å². The average molecular weight is 404 g/mol. The van der Waals surface area contributed by atoms with E-state index in [1.807, 2.05) is 0 Å². The van der Waals surface area contributed by atoms with Gasteiger partial charge in [0.15, 0.2) is 0 Å². The lowest BCUT2D eigenvalue weighted by Crippen LogP contribution is -2.36. The summed E-state index contributed by atoms with van der Waals surface area (Å²) in [4.78, 5) is 23.4. The van der Waals surface area contributed by atoms with Crippen LogP contribution >= 0.6 is 31.9 Å². The first-order chi connectivity index (χ1) is 9.40. The SMILES string of the molecule is CC(C(=O)Nc1c(Br)cc(Br)cc1C(=O)O)=C1CNC1. The normalized spacial score (nSPS) is 13.7. The fourth-order valence-electron chi connectivity index (χ4n) is 1.75. The Labute approximate surface area is 132 Å². The first-order valence-corrected chi connectivity index (χ1v) is 7.41. The molecule has 1 aromatic rings. The molecule has 0 unspecified atom stereocenters. The molecular weight excluding hydrogens is 392 g/mol. The van der Waals surface area contributed by atoms with E-state index < -0.39 is 5.97 Å². The maximum atomic E-state index is 12.1. The van der Waals surface area contributed by atoms with E-state index in [4.69, 9.17) is 0 Å². The third kappa shape index (κ3) is 3.11. The lowest BCUT2D eigenvalue weighted by molar-refractivity contribution is -0.112. The highest BCUT2D eigenvalue weighted by molar-refractivity contribution is 9.11. The van der Waals surface area contributed by atoms with Crippen LogP contribution in [-0.2, 0) is 4.79 Å². The summed E-state index contributed by atoms with van der Waals surface area (Å²) >= 11 is 6.51. The molecule has 0 atom stereocenters. The van der Waals surface area contributed by atoms with E-state index >= 15 is 0 Å². The zero-order valence-corrected chi connectivity index (χ0v) is 13.8. The van der Waals surface area contributed by atoms with Gasteiger partial charge in [0.05, 0.1) is 11.3 Å². The summed E-state index contributed by atoms with van der Waals surface area (Å²) < 4.78 is 1.14. The molecule has 0 bridgehead atoms. The van der Waals surface area contributed by atoms with Gasteiger partial charge in [0.1, 0.15) is 0 Å². The molecule has 0 spiro atoms. The van der Waals surface area contributed by atoms with Gasteiger partial charge in [-0.1, -0.05) is 15.9 Å². The van der Waals surface area contributed by atoms with Crippen molar-refractivity contribution in [2.45, 2.75) is 6.92 Å². The highest BCUT2D eigenvalue weighted by Gasteiger charge is 2.20. The number of hydrogen-bond acceptors (Lipinski definition) is 3. The van der Waals surface area contributed by atoms with Crippen LogP contribution in [0.15, 0.2) is 32.2 Å². The molecule has 20 heavy (non-hydrogen) atoms. The number of hydrogen-bond donors (Lipinski definition) is 3. The number of nitrogens with one attached hydrogen (secondary N) is 2. The summed E-state index contributed by atoms with van der Waals surface area (Å²) in [5, 5.41) is 14.9. The van der Waals surface area contributed by atoms with Gasteiger partial charge in [-0.3, -0.25) is 4.79 Å². The molecular formula is C13H12Br2N2O3. The second-order valence-electron chi connectivity index (χ2n) is 4.40. The third-order valence-corrected chi connectivity index (χ3v) is 4.15. The van der Waals surface area contributed by atoms with Gasteiger partial charge in [-0.05, 0) is 40.6 Å². The van der Waals surface area contributed by atoms with Crippen molar-refractivity contribution in [3.05, 3.63) is 37.8 Å². The van der Waals surface area contributed by atoms with E-state index in [-0.39, 0.29) is 17.2 Å². The van der Waals surface area contributed by atoms with Crippen LogP contribution in [0.2, 0.25) is 0 Å². The summed E-state index contributed by atoms with van der Waals surface area (Å²) in [5.41, 5.74) is 1.95. The molecule has 1 aromatic carbocycles. The van der Waals surface area contributed by atoms with Crippen LogP contribution in [0.4, 0.5) is 5.69 Å². The van der Waals surface area contributed by atoms with Crippen LogP contribution < -0.4 is 10.6 Å². The predicted molar refractivity (Wildman–Crippen MR) is 83.0 cm³/mol. The fourth-order valence-corrected chi connectivity index (χ4v) is 3.08. The Morgan fingerprint density at radius 1 is 1.30 bits per heavy atom. The molecule has 5 nitrogen and oxygen atoms in total. The summed E-state index contributed by atoms with van der Waals surface area (Å²) in [6.07, 6.45) is 0.